The van der Waals surface area contributed by atoms with E-state index in [1.165, 1.54) is 12.1 Å². The highest BCUT2D eigenvalue weighted by atomic mass is 35.5. The van der Waals surface area contributed by atoms with Crippen molar-refractivity contribution in [3.8, 4) is 5.75 Å². The number of halogens is 2. The molecule has 0 aromatic heterocycles. The lowest BCUT2D eigenvalue weighted by atomic mass is 10.1. The third-order valence-electron chi connectivity index (χ3n) is 3.26. The van der Waals surface area contributed by atoms with Crippen LogP contribution in [0.4, 0.5) is 4.39 Å². The average Bonchev–Trinajstić information content (AvgIpc) is 2.53. The first-order valence-corrected chi connectivity index (χ1v) is 8.36. The molecular weight excluding hydrogens is 335 g/mol. The van der Waals surface area contributed by atoms with Gasteiger partial charge in [0.1, 0.15) is 0 Å². The minimum absolute atomic E-state index is 0.0278. The third-order valence-corrected chi connectivity index (χ3v) is 3.56. The maximum Gasteiger partial charge on any atom is 0.336 e. The van der Waals surface area contributed by atoms with E-state index in [0.29, 0.717) is 0 Å². The van der Waals surface area contributed by atoms with Gasteiger partial charge in [0.15, 0.2) is 11.6 Å². The molecule has 0 bridgehead atoms. The topological polar surface area (TPSA) is 52.6 Å². The lowest BCUT2D eigenvalue weighted by Gasteiger charge is -2.11. The van der Waals surface area contributed by atoms with Gasteiger partial charge in [-0.1, -0.05) is 43.9 Å². The van der Waals surface area contributed by atoms with Crippen LogP contribution in [0, 0.1) is 5.82 Å². The fourth-order valence-corrected chi connectivity index (χ4v) is 2.21. The Morgan fingerprint density at radius 1 is 1.21 bits per heavy atom. The first-order valence-electron chi connectivity index (χ1n) is 7.98. The quantitative estimate of drug-likeness (QED) is 0.275. The molecule has 0 aliphatic carbocycles. The molecule has 0 amide bonds. The number of para-hydroxylation sites is 1. The number of hydrogen-bond acceptors (Lipinski definition) is 4. The van der Waals surface area contributed by atoms with Crippen LogP contribution in [0.3, 0.4) is 0 Å². The molecule has 0 saturated carbocycles. The molecule has 1 aromatic rings. The molecule has 1 aromatic carbocycles. The Kier molecular flexibility index (Phi) is 9.08. The van der Waals surface area contributed by atoms with Gasteiger partial charge in [-0.15, -0.1) is 0 Å². The first kappa shape index (κ1) is 20.2. The van der Waals surface area contributed by atoms with Gasteiger partial charge in [0.2, 0.25) is 0 Å². The molecule has 0 fully saturated rings. The van der Waals surface area contributed by atoms with Crippen molar-refractivity contribution in [2.45, 2.75) is 52.1 Å². The van der Waals surface area contributed by atoms with E-state index in [2.05, 4.69) is 6.92 Å². The van der Waals surface area contributed by atoms with Crippen molar-refractivity contribution in [2.75, 3.05) is 0 Å². The van der Waals surface area contributed by atoms with Gasteiger partial charge in [-0.3, -0.25) is 0 Å². The SMILES string of the molecule is CCCCCCC(C)OC(=O)/C=C/C(=O)Oc1c(F)cccc1Cl. The predicted octanol–water partition coefficient (Wildman–Crippen LogP) is 4.84. The highest BCUT2D eigenvalue weighted by Crippen LogP contribution is 2.27. The van der Waals surface area contributed by atoms with Crippen LogP contribution in [-0.2, 0) is 14.3 Å². The molecule has 0 aliphatic rings. The highest BCUT2D eigenvalue weighted by molar-refractivity contribution is 6.32. The molecule has 0 saturated heterocycles. The molecule has 1 unspecified atom stereocenters. The van der Waals surface area contributed by atoms with Crippen LogP contribution in [0.5, 0.6) is 5.75 Å². The molecular formula is C18H22ClFO4. The van der Waals surface area contributed by atoms with Crippen LogP contribution in [0.2, 0.25) is 5.02 Å². The Hall–Kier alpha value is -1.88. The molecule has 0 radical (unpaired) electrons. The van der Waals surface area contributed by atoms with Crippen molar-refractivity contribution in [1.29, 1.82) is 0 Å². The number of esters is 2. The zero-order chi connectivity index (χ0) is 17.9. The molecule has 0 aliphatic heterocycles. The summed E-state index contributed by atoms with van der Waals surface area (Å²) in [6, 6.07) is 3.91. The van der Waals surface area contributed by atoms with Gasteiger partial charge in [-0.2, -0.15) is 0 Å². The van der Waals surface area contributed by atoms with Crippen molar-refractivity contribution >= 4 is 23.5 Å². The lowest BCUT2D eigenvalue weighted by molar-refractivity contribution is -0.143. The predicted molar refractivity (Wildman–Crippen MR) is 90.5 cm³/mol. The van der Waals surface area contributed by atoms with Gasteiger partial charge < -0.3 is 9.47 Å². The largest absolute Gasteiger partial charge is 0.460 e. The Morgan fingerprint density at radius 2 is 1.92 bits per heavy atom. The molecule has 6 heteroatoms. The summed E-state index contributed by atoms with van der Waals surface area (Å²) in [5.74, 6) is -2.68. The van der Waals surface area contributed by atoms with Crippen molar-refractivity contribution in [3.63, 3.8) is 0 Å². The van der Waals surface area contributed by atoms with E-state index < -0.39 is 17.8 Å². The number of rotatable bonds is 9. The van der Waals surface area contributed by atoms with Crippen molar-refractivity contribution in [1.82, 2.24) is 0 Å². The molecule has 4 nitrogen and oxygen atoms in total. The Labute approximate surface area is 146 Å². The Morgan fingerprint density at radius 3 is 2.58 bits per heavy atom. The summed E-state index contributed by atoms with van der Waals surface area (Å²) in [5, 5.41) is -0.0278. The minimum Gasteiger partial charge on any atom is -0.460 e. The number of benzene rings is 1. The zero-order valence-electron chi connectivity index (χ0n) is 13.9. The molecule has 132 valence electrons. The summed E-state index contributed by atoms with van der Waals surface area (Å²) in [4.78, 5) is 23.2. The van der Waals surface area contributed by atoms with Gasteiger partial charge in [-0.25, -0.2) is 14.0 Å². The van der Waals surface area contributed by atoms with E-state index in [1.54, 1.807) is 6.92 Å². The van der Waals surface area contributed by atoms with E-state index in [4.69, 9.17) is 21.1 Å². The highest BCUT2D eigenvalue weighted by Gasteiger charge is 2.12. The normalized spacial score (nSPS) is 12.2. The molecule has 24 heavy (non-hydrogen) atoms. The number of ether oxygens (including phenoxy) is 2. The van der Waals surface area contributed by atoms with Gasteiger partial charge in [0.25, 0.3) is 0 Å². The second-order valence-corrected chi connectivity index (χ2v) is 5.81. The lowest BCUT2D eigenvalue weighted by Crippen LogP contribution is -2.14. The van der Waals surface area contributed by atoms with Crippen molar-refractivity contribution in [3.05, 3.63) is 41.2 Å². The molecule has 0 N–H and O–H groups in total. The van der Waals surface area contributed by atoms with Crippen LogP contribution >= 0.6 is 11.6 Å². The van der Waals surface area contributed by atoms with E-state index in [-0.39, 0.29) is 16.9 Å². The fourth-order valence-electron chi connectivity index (χ4n) is 2.01. The maximum atomic E-state index is 13.5. The first-order chi connectivity index (χ1) is 11.4. The summed E-state index contributed by atoms with van der Waals surface area (Å²) in [6.07, 6.45) is 6.78. The summed E-state index contributed by atoms with van der Waals surface area (Å²) >= 11 is 5.74. The Bertz CT molecular complexity index is 566. The summed E-state index contributed by atoms with van der Waals surface area (Å²) in [5.41, 5.74) is 0. The van der Waals surface area contributed by atoms with Crippen LogP contribution < -0.4 is 4.74 Å². The van der Waals surface area contributed by atoms with Crippen LogP contribution in [-0.4, -0.2) is 18.0 Å². The maximum absolute atomic E-state index is 13.5. The van der Waals surface area contributed by atoms with Gasteiger partial charge in [-0.05, 0) is 31.9 Å². The second kappa shape index (κ2) is 10.8. The number of unbranched alkanes of at least 4 members (excludes halogenated alkanes) is 3. The van der Waals surface area contributed by atoms with Crippen LogP contribution in [0.25, 0.3) is 0 Å². The van der Waals surface area contributed by atoms with E-state index in [0.717, 1.165) is 50.3 Å². The average molecular weight is 357 g/mol. The number of carbonyl (C=O) groups excluding carboxylic acids is 2. The van der Waals surface area contributed by atoms with Crippen LogP contribution in [0.15, 0.2) is 30.4 Å². The monoisotopic (exact) mass is 356 g/mol. The van der Waals surface area contributed by atoms with Crippen molar-refractivity contribution in [2.24, 2.45) is 0 Å². The van der Waals surface area contributed by atoms with E-state index >= 15 is 0 Å². The summed E-state index contributed by atoms with van der Waals surface area (Å²) < 4.78 is 23.4. The van der Waals surface area contributed by atoms with Gasteiger partial charge in [0.05, 0.1) is 11.1 Å². The smallest absolute Gasteiger partial charge is 0.336 e. The Balaban J connectivity index is 2.42. The number of carbonyl (C=O) groups is 2. The zero-order valence-corrected chi connectivity index (χ0v) is 14.6. The van der Waals surface area contributed by atoms with E-state index in [9.17, 15) is 14.0 Å². The number of hydrogen-bond donors (Lipinski definition) is 0. The molecule has 1 atom stereocenters. The van der Waals surface area contributed by atoms with Crippen molar-refractivity contribution < 1.29 is 23.5 Å². The molecule has 1 rings (SSSR count). The molecule has 0 spiro atoms. The van der Waals surface area contributed by atoms with E-state index in [1.807, 2.05) is 0 Å². The summed E-state index contributed by atoms with van der Waals surface area (Å²) in [7, 11) is 0. The minimum atomic E-state index is -0.908. The summed E-state index contributed by atoms with van der Waals surface area (Å²) in [6.45, 7) is 3.93. The molecule has 0 heterocycles. The fraction of sp³-hybridized carbons (Fsp3) is 0.444. The second-order valence-electron chi connectivity index (χ2n) is 5.40. The third kappa shape index (κ3) is 7.59. The van der Waals surface area contributed by atoms with Crippen LogP contribution in [0.1, 0.15) is 46.0 Å². The van der Waals surface area contributed by atoms with Gasteiger partial charge >= 0.3 is 11.9 Å². The van der Waals surface area contributed by atoms with Gasteiger partial charge in [0, 0.05) is 12.2 Å². The standard InChI is InChI=1S/C18H22ClFO4/c1-3-4-5-6-8-13(2)23-16(21)11-12-17(22)24-18-14(19)9-7-10-15(18)20/h7,9-13H,3-6,8H2,1-2H3/b12-11+.